The topological polar surface area (TPSA) is 43.8 Å². The predicted molar refractivity (Wildman–Crippen MR) is 140 cm³/mol. The molecule has 1 aromatic carbocycles. The molecule has 3 aliphatic rings. The molecule has 1 saturated heterocycles. The second kappa shape index (κ2) is 10.4. The van der Waals surface area contributed by atoms with Gasteiger partial charge in [0.1, 0.15) is 0 Å². The summed E-state index contributed by atoms with van der Waals surface area (Å²) in [6.07, 6.45) is 19.4. The molecule has 1 aromatic heterocycles. The van der Waals surface area contributed by atoms with Gasteiger partial charge in [-0.2, -0.15) is 0 Å². The van der Waals surface area contributed by atoms with Gasteiger partial charge < -0.3 is 10.2 Å². The lowest BCUT2D eigenvalue weighted by Crippen LogP contribution is -2.51. The van der Waals surface area contributed by atoms with Gasteiger partial charge in [0, 0.05) is 55.9 Å². The van der Waals surface area contributed by atoms with Crippen molar-refractivity contribution in [2.45, 2.75) is 63.7 Å². The van der Waals surface area contributed by atoms with Crippen molar-refractivity contribution >= 4 is 17.6 Å². The Hall–Kier alpha value is -3.24. The Kier molecular flexibility index (Phi) is 7.06. The van der Waals surface area contributed by atoms with Crippen LogP contribution in [-0.2, 0) is 12.3 Å². The molecule has 0 amide bonds. The molecular formula is C29H33F2N5. The van der Waals surface area contributed by atoms with E-state index >= 15 is 0 Å². The van der Waals surface area contributed by atoms with Crippen LogP contribution in [0, 0.1) is 18.3 Å². The number of hydrogen-bond donors (Lipinski definition) is 1. The number of allylic oxidation sites excluding steroid dienone is 1. The highest BCUT2D eigenvalue weighted by molar-refractivity contribution is 5.84. The number of likely N-dealkylation sites (tertiary alicyclic amines) is 1. The molecule has 36 heavy (non-hydrogen) atoms. The van der Waals surface area contributed by atoms with Crippen molar-refractivity contribution in [1.82, 2.24) is 15.2 Å². The van der Waals surface area contributed by atoms with Crippen LogP contribution in [0.4, 0.5) is 20.2 Å². The maximum atomic E-state index is 13.9. The van der Waals surface area contributed by atoms with Crippen LogP contribution in [0.5, 0.6) is 0 Å². The van der Waals surface area contributed by atoms with Crippen LogP contribution in [0.25, 0.3) is 0 Å². The molecule has 1 N–H and O–H groups in total. The molecule has 0 radical (unpaired) electrons. The molecule has 2 aliphatic heterocycles. The predicted octanol–water partition coefficient (Wildman–Crippen LogP) is 5.61. The third-order valence-corrected chi connectivity index (χ3v) is 7.44. The van der Waals surface area contributed by atoms with Crippen molar-refractivity contribution < 1.29 is 8.78 Å². The van der Waals surface area contributed by atoms with Gasteiger partial charge in [0.25, 0.3) is 5.92 Å². The Morgan fingerprint density at radius 2 is 1.89 bits per heavy atom. The summed E-state index contributed by atoms with van der Waals surface area (Å²) in [4.78, 5) is 13.7. The van der Waals surface area contributed by atoms with Crippen molar-refractivity contribution in [2.24, 2.45) is 10.9 Å². The number of nitrogens with one attached hydrogen (secondary N) is 1. The summed E-state index contributed by atoms with van der Waals surface area (Å²) in [6.45, 7) is 2.66. The highest BCUT2D eigenvalue weighted by Crippen LogP contribution is 2.39. The molecule has 188 valence electrons. The Morgan fingerprint density at radius 1 is 1.14 bits per heavy atom. The number of nitrogens with zero attached hydrogens (tertiary/aromatic N) is 4. The van der Waals surface area contributed by atoms with Crippen LogP contribution in [0.1, 0.15) is 50.2 Å². The van der Waals surface area contributed by atoms with E-state index in [0.717, 1.165) is 62.1 Å². The number of benzene rings is 1. The number of halogens is 2. The van der Waals surface area contributed by atoms with Gasteiger partial charge in [0.2, 0.25) is 0 Å². The molecule has 5 nitrogen and oxygen atoms in total. The minimum Gasteiger partial charge on any atom is -0.356 e. The molecule has 1 atom stereocenters. The lowest BCUT2D eigenvalue weighted by atomic mass is 9.98. The first-order valence-corrected chi connectivity index (χ1v) is 12.8. The van der Waals surface area contributed by atoms with E-state index in [4.69, 9.17) is 6.42 Å². The van der Waals surface area contributed by atoms with Crippen molar-refractivity contribution in [1.29, 1.82) is 0 Å². The van der Waals surface area contributed by atoms with Gasteiger partial charge in [-0.3, -0.25) is 14.9 Å². The molecule has 7 heteroatoms. The average molecular weight is 490 g/mol. The van der Waals surface area contributed by atoms with E-state index in [9.17, 15) is 8.78 Å². The molecular weight excluding hydrogens is 456 g/mol. The molecule has 0 bridgehead atoms. The first-order chi connectivity index (χ1) is 17.4. The maximum Gasteiger partial charge on any atom is 0.270 e. The van der Waals surface area contributed by atoms with Crippen LogP contribution in [0.15, 0.2) is 59.5 Å². The number of rotatable bonds is 8. The summed E-state index contributed by atoms with van der Waals surface area (Å²) in [5.74, 6) is 0.570. The van der Waals surface area contributed by atoms with Crippen LogP contribution in [0.3, 0.4) is 0 Å². The second-order valence-corrected chi connectivity index (χ2v) is 10.1. The summed E-state index contributed by atoms with van der Waals surface area (Å²) in [5.41, 5.74) is 4.06. The minimum atomic E-state index is -2.86. The number of alkyl halides is 2. The van der Waals surface area contributed by atoms with E-state index in [1.807, 2.05) is 30.7 Å². The summed E-state index contributed by atoms with van der Waals surface area (Å²) in [5, 5.41) is 3.29. The van der Waals surface area contributed by atoms with E-state index in [1.165, 1.54) is 24.8 Å². The van der Waals surface area contributed by atoms with Crippen molar-refractivity contribution in [2.75, 3.05) is 18.0 Å². The summed E-state index contributed by atoms with van der Waals surface area (Å²) in [7, 11) is 0. The number of hydrogen-bond acceptors (Lipinski definition) is 5. The van der Waals surface area contributed by atoms with E-state index in [1.54, 1.807) is 18.3 Å². The van der Waals surface area contributed by atoms with Crippen molar-refractivity contribution in [3.8, 4) is 12.3 Å². The van der Waals surface area contributed by atoms with Crippen molar-refractivity contribution in [3.05, 3.63) is 65.6 Å². The van der Waals surface area contributed by atoms with Crippen LogP contribution in [0.2, 0.25) is 0 Å². The number of aromatic nitrogens is 1. The lowest BCUT2D eigenvalue weighted by molar-refractivity contribution is 0.0175. The molecule has 0 spiro atoms. The molecule has 1 aliphatic carbocycles. The molecule has 2 fully saturated rings. The first kappa shape index (κ1) is 24.5. The third-order valence-electron chi connectivity index (χ3n) is 7.44. The fraction of sp³-hybridized carbons (Fsp3) is 0.448. The monoisotopic (exact) mass is 489 g/mol. The van der Waals surface area contributed by atoms with Gasteiger partial charge in [-0.1, -0.05) is 30.9 Å². The third kappa shape index (κ3) is 5.60. The largest absolute Gasteiger partial charge is 0.356 e. The van der Waals surface area contributed by atoms with Gasteiger partial charge in [-0.15, -0.1) is 6.42 Å². The highest BCUT2D eigenvalue weighted by atomic mass is 19.3. The standard InChI is InChI=1S/C29H33F2N5/c1-3-21-18-33-28(34-19-21)35-16-13-26(14-17-35)36(25-10-8-24(9-11-25)29(2,30)31)27-20-32-15-12-23(27)7-6-22-4-5-22/h1,8-12,15,18-20,22,26,28,33H,4-7,13-14,16-17H2,2H3. The minimum absolute atomic E-state index is 0.0294. The summed E-state index contributed by atoms with van der Waals surface area (Å²) < 4.78 is 27.8. The normalized spacial score (nSPS) is 20.9. The zero-order chi connectivity index (χ0) is 25.1. The molecule has 1 saturated carbocycles. The second-order valence-electron chi connectivity index (χ2n) is 10.1. The molecule has 2 aromatic rings. The molecule has 5 rings (SSSR count). The molecule has 1 unspecified atom stereocenters. The van der Waals surface area contributed by atoms with E-state index in [2.05, 4.69) is 37.1 Å². The molecule has 3 heterocycles. The van der Waals surface area contributed by atoms with E-state index in [-0.39, 0.29) is 17.9 Å². The van der Waals surface area contributed by atoms with Gasteiger partial charge >= 0.3 is 0 Å². The van der Waals surface area contributed by atoms with Gasteiger partial charge in [0.05, 0.1) is 17.5 Å². The van der Waals surface area contributed by atoms with Gasteiger partial charge in [-0.05, 0) is 55.4 Å². The SMILES string of the molecule is C#CC1=CNC(N2CCC(N(c3ccc(C(C)(F)F)cc3)c3cnccc3CCC3CC3)CC2)N=C1. The smallest absolute Gasteiger partial charge is 0.270 e. The van der Waals surface area contributed by atoms with Gasteiger partial charge in [0.15, 0.2) is 6.29 Å². The zero-order valence-corrected chi connectivity index (χ0v) is 20.7. The van der Waals surface area contributed by atoms with Crippen LogP contribution >= 0.6 is 0 Å². The first-order valence-electron chi connectivity index (χ1n) is 12.8. The number of piperidine rings is 1. The number of anilines is 2. The quantitative estimate of drug-likeness (QED) is 0.490. The lowest BCUT2D eigenvalue weighted by Gasteiger charge is -2.42. The Morgan fingerprint density at radius 3 is 2.50 bits per heavy atom. The van der Waals surface area contributed by atoms with E-state index in [0.29, 0.717) is 0 Å². The Balaban J connectivity index is 1.38. The van der Waals surface area contributed by atoms with Gasteiger partial charge in [-0.25, -0.2) is 8.78 Å². The Bertz CT molecular complexity index is 1150. The number of pyridine rings is 1. The fourth-order valence-electron chi connectivity index (χ4n) is 5.13. The summed E-state index contributed by atoms with van der Waals surface area (Å²) >= 11 is 0. The fourth-order valence-corrected chi connectivity index (χ4v) is 5.13. The number of aliphatic imine (C=N–C) groups is 1. The van der Waals surface area contributed by atoms with Crippen LogP contribution in [-0.4, -0.2) is 41.5 Å². The maximum absolute atomic E-state index is 13.9. The zero-order valence-electron chi connectivity index (χ0n) is 20.7. The number of aryl methyl sites for hydroxylation is 1. The average Bonchev–Trinajstić information content (AvgIpc) is 3.73. The van der Waals surface area contributed by atoms with Crippen LogP contribution < -0.4 is 10.2 Å². The van der Waals surface area contributed by atoms with Crippen molar-refractivity contribution in [3.63, 3.8) is 0 Å². The highest BCUT2D eigenvalue weighted by Gasteiger charge is 2.31. The summed E-state index contributed by atoms with van der Waals surface area (Å²) in [6, 6.07) is 9.10. The Labute approximate surface area is 212 Å². The number of terminal acetylenes is 1. The van der Waals surface area contributed by atoms with E-state index < -0.39 is 5.92 Å².